The Balaban J connectivity index is 1.63. The van der Waals surface area contributed by atoms with Crippen molar-refractivity contribution in [3.63, 3.8) is 0 Å². The monoisotopic (exact) mass is 421 g/mol. The molecule has 2 heterocycles. The molecule has 1 saturated heterocycles. The lowest BCUT2D eigenvalue weighted by molar-refractivity contribution is 0.0156. The number of benzene rings is 1. The second kappa shape index (κ2) is 8.89. The van der Waals surface area contributed by atoms with Crippen molar-refractivity contribution in [2.24, 2.45) is 0 Å². The van der Waals surface area contributed by atoms with E-state index in [2.05, 4.69) is 0 Å². The van der Waals surface area contributed by atoms with Gasteiger partial charge in [-0.3, -0.25) is 0 Å². The van der Waals surface area contributed by atoms with Crippen LogP contribution in [0.5, 0.6) is 17.2 Å². The molecule has 9 nitrogen and oxygen atoms in total. The van der Waals surface area contributed by atoms with Crippen LogP contribution in [0.3, 0.4) is 0 Å². The molecule has 1 aromatic carbocycles. The van der Waals surface area contributed by atoms with E-state index in [4.69, 9.17) is 18.9 Å². The van der Waals surface area contributed by atoms with Gasteiger partial charge in [0.05, 0.1) is 27.3 Å². The number of hydrogen-bond donors (Lipinski definition) is 0. The summed E-state index contributed by atoms with van der Waals surface area (Å²) in [5, 5.41) is 0. The maximum Gasteiger partial charge on any atom is 0.410 e. The van der Waals surface area contributed by atoms with Crippen LogP contribution in [0.15, 0.2) is 12.1 Å². The lowest BCUT2D eigenvalue weighted by Crippen LogP contribution is -2.54. The molecule has 1 fully saturated rings. The molecule has 2 aliphatic rings. The fourth-order valence-electron chi connectivity index (χ4n) is 3.48. The van der Waals surface area contributed by atoms with Crippen LogP contribution in [-0.2, 0) is 11.3 Å². The molecule has 0 aromatic heterocycles. The lowest BCUT2D eigenvalue weighted by Gasteiger charge is -2.37. The van der Waals surface area contributed by atoms with Crippen molar-refractivity contribution in [3.05, 3.63) is 17.7 Å². The molecule has 0 atom stereocenters. The van der Waals surface area contributed by atoms with E-state index in [0.29, 0.717) is 63.1 Å². The second-order valence-electron chi connectivity index (χ2n) is 8.32. The number of rotatable bonds is 2. The van der Waals surface area contributed by atoms with Gasteiger partial charge in [-0.2, -0.15) is 0 Å². The quantitative estimate of drug-likeness (QED) is 0.730. The topological polar surface area (TPSA) is 80.8 Å². The van der Waals surface area contributed by atoms with Gasteiger partial charge in [0, 0.05) is 37.8 Å². The van der Waals surface area contributed by atoms with Crippen LogP contribution in [-0.4, -0.2) is 86.0 Å². The third kappa shape index (κ3) is 5.01. The van der Waals surface area contributed by atoms with Gasteiger partial charge in [-0.1, -0.05) is 0 Å². The summed E-state index contributed by atoms with van der Waals surface area (Å²) in [5.74, 6) is 1.88. The summed E-state index contributed by atoms with van der Waals surface area (Å²) in [6.07, 6.45) is -0.340. The number of urea groups is 1. The van der Waals surface area contributed by atoms with E-state index in [1.807, 2.05) is 26.8 Å². The molecule has 1 aromatic rings. The lowest BCUT2D eigenvalue weighted by atomic mass is 10.1. The van der Waals surface area contributed by atoms with Gasteiger partial charge >= 0.3 is 12.1 Å². The maximum atomic E-state index is 13.1. The number of carbonyl (C=O) groups excluding carboxylic acids is 2. The number of piperazine rings is 1. The molecule has 166 valence electrons. The summed E-state index contributed by atoms with van der Waals surface area (Å²) in [4.78, 5) is 30.5. The van der Waals surface area contributed by atoms with E-state index >= 15 is 0 Å². The number of fused-ring (bicyclic) bond motifs is 1. The van der Waals surface area contributed by atoms with Gasteiger partial charge in [0.25, 0.3) is 0 Å². The van der Waals surface area contributed by atoms with Crippen LogP contribution in [0.1, 0.15) is 26.3 Å². The van der Waals surface area contributed by atoms with Crippen molar-refractivity contribution in [1.29, 1.82) is 0 Å². The third-order valence-corrected chi connectivity index (χ3v) is 5.02. The minimum atomic E-state index is -0.535. The van der Waals surface area contributed by atoms with Crippen LogP contribution in [0.2, 0.25) is 0 Å². The first kappa shape index (κ1) is 21.9. The molecule has 30 heavy (non-hydrogen) atoms. The standard InChI is InChI=1S/C21H31N3O6/c1-21(2,3)30-20(26)23-8-6-22(7-9-23)19(25)24-10-11-29-16-13-18(28-5)17(27-4)12-15(16)14-24/h12-13H,6-11,14H2,1-5H3. The minimum Gasteiger partial charge on any atom is -0.493 e. The van der Waals surface area contributed by atoms with Crippen molar-refractivity contribution < 1.29 is 28.5 Å². The SMILES string of the molecule is COc1cc2c(cc1OC)OCCN(C(=O)N1CCN(C(=O)OC(C)(C)C)CC1)C2. The Kier molecular flexibility index (Phi) is 6.48. The molecular weight excluding hydrogens is 390 g/mol. The normalized spacial score (nSPS) is 16.9. The predicted octanol–water partition coefficient (Wildman–Crippen LogP) is 2.57. The second-order valence-corrected chi connectivity index (χ2v) is 8.32. The number of methoxy groups -OCH3 is 2. The van der Waals surface area contributed by atoms with Gasteiger partial charge in [0.15, 0.2) is 11.5 Å². The van der Waals surface area contributed by atoms with Gasteiger partial charge in [-0.05, 0) is 26.8 Å². The average Bonchev–Trinajstić information content (AvgIpc) is 2.92. The molecule has 9 heteroatoms. The largest absolute Gasteiger partial charge is 0.493 e. The Hall–Kier alpha value is -2.84. The van der Waals surface area contributed by atoms with Crippen molar-refractivity contribution in [3.8, 4) is 17.2 Å². The minimum absolute atomic E-state index is 0.0647. The highest BCUT2D eigenvalue weighted by molar-refractivity contribution is 5.75. The molecule has 3 rings (SSSR count). The van der Waals surface area contributed by atoms with Crippen molar-refractivity contribution in [2.75, 3.05) is 53.6 Å². The number of carbonyl (C=O) groups is 2. The molecular formula is C21H31N3O6. The smallest absolute Gasteiger partial charge is 0.410 e. The first-order valence-electron chi connectivity index (χ1n) is 10.1. The van der Waals surface area contributed by atoms with Crippen molar-refractivity contribution in [2.45, 2.75) is 32.9 Å². The number of hydrogen-bond acceptors (Lipinski definition) is 6. The van der Waals surface area contributed by atoms with E-state index in [1.54, 1.807) is 35.0 Å². The van der Waals surface area contributed by atoms with E-state index in [-0.39, 0.29) is 12.1 Å². The van der Waals surface area contributed by atoms with Crippen LogP contribution in [0.4, 0.5) is 9.59 Å². The summed E-state index contributed by atoms with van der Waals surface area (Å²) >= 11 is 0. The van der Waals surface area contributed by atoms with E-state index < -0.39 is 5.60 Å². The summed E-state index contributed by atoms with van der Waals surface area (Å²) in [7, 11) is 3.16. The number of nitrogens with zero attached hydrogens (tertiary/aromatic N) is 3. The zero-order valence-electron chi connectivity index (χ0n) is 18.4. The molecule has 0 aliphatic carbocycles. The highest BCUT2D eigenvalue weighted by atomic mass is 16.6. The van der Waals surface area contributed by atoms with Crippen LogP contribution < -0.4 is 14.2 Å². The molecule has 2 aliphatic heterocycles. The van der Waals surface area contributed by atoms with Crippen LogP contribution in [0.25, 0.3) is 0 Å². The maximum absolute atomic E-state index is 13.1. The Morgan fingerprint density at radius 3 is 2.10 bits per heavy atom. The third-order valence-electron chi connectivity index (χ3n) is 5.02. The van der Waals surface area contributed by atoms with Crippen molar-refractivity contribution >= 4 is 12.1 Å². The summed E-state index contributed by atoms with van der Waals surface area (Å²) in [6, 6.07) is 3.58. The summed E-state index contributed by atoms with van der Waals surface area (Å²) in [6.45, 7) is 8.65. The van der Waals surface area contributed by atoms with Gasteiger partial charge in [0.1, 0.15) is 18.0 Å². The molecule has 0 bridgehead atoms. The van der Waals surface area contributed by atoms with E-state index in [0.717, 1.165) is 5.56 Å². The molecule has 0 N–H and O–H groups in total. The highest BCUT2D eigenvalue weighted by Gasteiger charge is 2.31. The van der Waals surface area contributed by atoms with Crippen LogP contribution in [0, 0.1) is 0 Å². The Bertz CT molecular complexity index is 784. The zero-order chi connectivity index (χ0) is 21.9. The number of ether oxygens (including phenoxy) is 4. The predicted molar refractivity (Wildman–Crippen MR) is 110 cm³/mol. The van der Waals surface area contributed by atoms with E-state index in [1.165, 1.54) is 0 Å². The molecule has 0 radical (unpaired) electrons. The zero-order valence-corrected chi connectivity index (χ0v) is 18.4. The molecule has 3 amide bonds. The fourth-order valence-corrected chi connectivity index (χ4v) is 3.48. The Morgan fingerprint density at radius 2 is 1.50 bits per heavy atom. The average molecular weight is 421 g/mol. The van der Waals surface area contributed by atoms with Crippen molar-refractivity contribution in [1.82, 2.24) is 14.7 Å². The van der Waals surface area contributed by atoms with Gasteiger partial charge in [-0.15, -0.1) is 0 Å². The van der Waals surface area contributed by atoms with E-state index in [9.17, 15) is 9.59 Å². The summed E-state index contributed by atoms with van der Waals surface area (Å²) in [5.41, 5.74) is 0.332. The summed E-state index contributed by atoms with van der Waals surface area (Å²) < 4.78 is 22.0. The Morgan fingerprint density at radius 1 is 0.900 bits per heavy atom. The fraction of sp³-hybridized carbons (Fsp3) is 0.619. The Labute approximate surface area is 177 Å². The number of amides is 3. The molecule has 0 saturated carbocycles. The first-order valence-corrected chi connectivity index (χ1v) is 10.1. The molecule has 0 unspecified atom stereocenters. The van der Waals surface area contributed by atoms with Crippen LogP contribution >= 0.6 is 0 Å². The molecule has 0 spiro atoms. The first-order chi connectivity index (χ1) is 14.2. The van der Waals surface area contributed by atoms with Gasteiger partial charge in [0.2, 0.25) is 0 Å². The highest BCUT2D eigenvalue weighted by Crippen LogP contribution is 2.36. The van der Waals surface area contributed by atoms with Gasteiger partial charge in [-0.25, -0.2) is 9.59 Å². The van der Waals surface area contributed by atoms with Gasteiger partial charge < -0.3 is 33.6 Å².